The Balaban J connectivity index is 1.70. The maximum absolute atomic E-state index is 13.5. The molecule has 2 aliphatic rings. The van der Waals surface area contributed by atoms with E-state index in [0.717, 1.165) is 25.2 Å². The van der Waals surface area contributed by atoms with Crippen LogP contribution in [0, 0.1) is 17.1 Å². The summed E-state index contributed by atoms with van der Waals surface area (Å²) in [4.78, 5) is 4.79. The molecule has 2 aliphatic heterocycles. The summed E-state index contributed by atoms with van der Waals surface area (Å²) >= 11 is 0. The molecule has 0 saturated carbocycles. The van der Waals surface area contributed by atoms with Gasteiger partial charge < -0.3 is 4.90 Å². The molecule has 3 rings (SSSR count). The monoisotopic (exact) mass is 273 g/mol. The van der Waals surface area contributed by atoms with Gasteiger partial charge in [0, 0.05) is 24.8 Å². The third-order valence-corrected chi connectivity index (χ3v) is 4.45. The van der Waals surface area contributed by atoms with Crippen LogP contribution < -0.4 is 4.90 Å². The van der Waals surface area contributed by atoms with Gasteiger partial charge >= 0.3 is 0 Å². The van der Waals surface area contributed by atoms with Crippen LogP contribution in [0.3, 0.4) is 0 Å². The predicted octanol–water partition coefficient (Wildman–Crippen LogP) is 2.76. The number of rotatable bonds is 2. The molecule has 0 N–H and O–H groups in total. The second kappa shape index (κ2) is 5.80. The quantitative estimate of drug-likeness (QED) is 0.830. The van der Waals surface area contributed by atoms with Crippen LogP contribution in [0.1, 0.15) is 31.2 Å². The van der Waals surface area contributed by atoms with E-state index in [1.807, 2.05) is 6.07 Å². The lowest BCUT2D eigenvalue weighted by Gasteiger charge is -2.32. The molecule has 1 atom stereocenters. The molecule has 0 radical (unpaired) electrons. The first-order chi connectivity index (χ1) is 9.76. The lowest BCUT2D eigenvalue weighted by molar-refractivity contribution is 0.175. The van der Waals surface area contributed by atoms with Crippen molar-refractivity contribution in [2.75, 3.05) is 31.1 Å². The Bertz CT molecular complexity index is 517. The second-order valence-electron chi connectivity index (χ2n) is 5.80. The first-order valence-electron chi connectivity index (χ1n) is 7.46. The highest BCUT2D eigenvalue weighted by Crippen LogP contribution is 2.26. The molecule has 4 heteroatoms. The minimum atomic E-state index is -0.319. The first-order valence-corrected chi connectivity index (χ1v) is 7.46. The largest absolute Gasteiger partial charge is 0.370 e. The number of piperidine rings is 1. The zero-order chi connectivity index (χ0) is 13.9. The van der Waals surface area contributed by atoms with Crippen molar-refractivity contribution in [3.05, 3.63) is 29.6 Å². The normalized spacial score (nSPS) is 23.8. The first kappa shape index (κ1) is 13.4. The summed E-state index contributed by atoms with van der Waals surface area (Å²) in [5.41, 5.74) is 1.25. The molecule has 1 unspecified atom stereocenters. The second-order valence-corrected chi connectivity index (χ2v) is 5.80. The van der Waals surface area contributed by atoms with Gasteiger partial charge in [0.1, 0.15) is 5.82 Å². The Labute approximate surface area is 119 Å². The Hall–Kier alpha value is -1.60. The van der Waals surface area contributed by atoms with Crippen LogP contribution in [0.15, 0.2) is 18.2 Å². The van der Waals surface area contributed by atoms with Crippen molar-refractivity contribution in [2.45, 2.75) is 31.7 Å². The van der Waals surface area contributed by atoms with Crippen LogP contribution in [-0.4, -0.2) is 37.1 Å². The SMILES string of the molecule is N#Cc1cc(F)cc(N2CCC(N3CCCCC3)C2)c1. The van der Waals surface area contributed by atoms with Gasteiger partial charge in [-0.05, 0) is 50.6 Å². The molecular weight excluding hydrogens is 253 g/mol. The highest BCUT2D eigenvalue weighted by Gasteiger charge is 2.28. The van der Waals surface area contributed by atoms with Crippen LogP contribution in [0.5, 0.6) is 0 Å². The van der Waals surface area contributed by atoms with Crippen molar-refractivity contribution < 1.29 is 4.39 Å². The molecule has 2 saturated heterocycles. The van der Waals surface area contributed by atoms with Crippen molar-refractivity contribution in [3.63, 3.8) is 0 Å². The summed E-state index contributed by atoms with van der Waals surface area (Å²) in [6.45, 7) is 4.31. The number of hydrogen-bond acceptors (Lipinski definition) is 3. The molecule has 0 bridgehead atoms. The van der Waals surface area contributed by atoms with E-state index in [9.17, 15) is 4.39 Å². The van der Waals surface area contributed by atoms with E-state index in [0.29, 0.717) is 11.6 Å². The molecule has 2 heterocycles. The van der Waals surface area contributed by atoms with E-state index in [2.05, 4.69) is 9.80 Å². The number of hydrogen-bond donors (Lipinski definition) is 0. The van der Waals surface area contributed by atoms with Gasteiger partial charge in [-0.3, -0.25) is 4.90 Å². The van der Waals surface area contributed by atoms with Gasteiger partial charge in [0.15, 0.2) is 0 Å². The fraction of sp³-hybridized carbons (Fsp3) is 0.562. The lowest BCUT2D eigenvalue weighted by atomic mass is 10.1. The predicted molar refractivity (Wildman–Crippen MR) is 77.2 cm³/mol. The van der Waals surface area contributed by atoms with Crippen LogP contribution in [0.4, 0.5) is 10.1 Å². The molecule has 1 aromatic rings. The Kier molecular flexibility index (Phi) is 3.88. The number of nitriles is 1. The molecule has 0 aromatic heterocycles. The molecule has 20 heavy (non-hydrogen) atoms. The van der Waals surface area contributed by atoms with E-state index in [1.54, 1.807) is 12.1 Å². The maximum Gasteiger partial charge on any atom is 0.126 e. The van der Waals surface area contributed by atoms with E-state index < -0.39 is 0 Å². The minimum Gasteiger partial charge on any atom is -0.370 e. The molecule has 106 valence electrons. The summed E-state index contributed by atoms with van der Waals surface area (Å²) in [6, 6.07) is 7.24. The van der Waals surface area contributed by atoms with E-state index in [-0.39, 0.29) is 5.82 Å². The summed E-state index contributed by atoms with van der Waals surface area (Å²) in [6.07, 6.45) is 5.09. The van der Waals surface area contributed by atoms with Gasteiger partial charge in [-0.25, -0.2) is 4.39 Å². The number of anilines is 1. The van der Waals surface area contributed by atoms with Crippen molar-refractivity contribution in [1.82, 2.24) is 4.90 Å². The third-order valence-electron chi connectivity index (χ3n) is 4.45. The Morgan fingerprint density at radius 2 is 1.90 bits per heavy atom. The number of likely N-dealkylation sites (tertiary alicyclic amines) is 1. The van der Waals surface area contributed by atoms with Crippen LogP contribution in [-0.2, 0) is 0 Å². The van der Waals surface area contributed by atoms with Crippen molar-refractivity contribution in [3.8, 4) is 6.07 Å². The standard InChI is InChI=1S/C16H20FN3/c17-14-8-13(11-18)9-16(10-14)20-7-4-15(12-20)19-5-2-1-3-6-19/h8-10,15H,1-7,12H2. The summed E-state index contributed by atoms with van der Waals surface area (Å²) < 4.78 is 13.5. The minimum absolute atomic E-state index is 0.319. The topological polar surface area (TPSA) is 30.3 Å². The van der Waals surface area contributed by atoms with Crippen molar-refractivity contribution >= 4 is 5.69 Å². The van der Waals surface area contributed by atoms with Gasteiger partial charge in [-0.2, -0.15) is 5.26 Å². The van der Waals surface area contributed by atoms with Gasteiger partial charge in [-0.15, -0.1) is 0 Å². The number of benzene rings is 1. The van der Waals surface area contributed by atoms with Crippen LogP contribution in [0.25, 0.3) is 0 Å². The fourth-order valence-electron chi connectivity index (χ4n) is 3.38. The molecule has 0 amide bonds. The molecule has 3 nitrogen and oxygen atoms in total. The van der Waals surface area contributed by atoms with Crippen molar-refractivity contribution in [1.29, 1.82) is 5.26 Å². The molecule has 2 fully saturated rings. The van der Waals surface area contributed by atoms with Gasteiger partial charge in [0.25, 0.3) is 0 Å². The Morgan fingerprint density at radius 1 is 1.10 bits per heavy atom. The zero-order valence-corrected chi connectivity index (χ0v) is 11.7. The smallest absolute Gasteiger partial charge is 0.126 e. The molecule has 0 spiro atoms. The van der Waals surface area contributed by atoms with Crippen molar-refractivity contribution in [2.24, 2.45) is 0 Å². The summed E-state index contributed by atoms with van der Waals surface area (Å²) in [5, 5.41) is 8.94. The zero-order valence-electron chi connectivity index (χ0n) is 11.7. The van der Waals surface area contributed by atoms with E-state index in [4.69, 9.17) is 5.26 Å². The molecule has 0 aliphatic carbocycles. The summed E-state index contributed by atoms with van der Waals surface area (Å²) in [7, 11) is 0. The summed E-state index contributed by atoms with van der Waals surface area (Å²) in [5.74, 6) is -0.319. The highest BCUT2D eigenvalue weighted by atomic mass is 19.1. The average Bonchev–Trinajstić information content (AvgIpc) is 2.97. The number of nitrogens with zero attached hydrogens (tertiary/aromatic N) is 3. The van der Waals surface area contributed by atoms with Crippen LogP contribution >= 0.6 is 0 Å². The average molecular weight is 273 g/mol. The third kappa shape index (κ3) is 2.78. The fourth-order valence-corrected chi connectivity index (χ4v) is 3.38. The van der Waals surface area contributed by atoms with Gasteiger partial charge in [0.05, 0.1) is 11.6 Å². The maximum atomic E-state index is 13.5. The Morgan fingerprint density at radius 3 is 2.65 bits per heavy atom. The molecular formula is C16H20FN3. The highest BCUT2D eigenvalue weighted by molar-refractivity contribution is 5.52. The lowest BCUT2D eigenvalue weighted by Crippen LogP contribution is -2.40. The van der Waals surface area contributed by atoms with Crippen LogP contribution in [0.2, 0.25) is 0 Å². The van der Waals surface area contributed by atoms with E-state index in [1.165, 1.54) is 38.4 Å². The van der Waals surface area contributed by atoms with Gasteiger partial charge in [0.2, 0.25) is 0 Å². The van der Waals surface area contributed by atoms with Gasteiger partial charge in [-0.1, -0.05) is 6.42 Å². The number of halogens is 1. The van der Waals surface area contributed by atoms with E-state index >= 15 is 0 Å². The molecule has 1 aromatic carbocycles.